The van der Waals surface area contributed by atoms with Crippen molar-refractivity contribution in [2.24, 2.45) is 0 Å². The minimum atomic E-state index is -3.35. The summed E-state index contributed by atoms with van der Waals surface area (Å²) >= 11 is 4.57. The van der Waals surface area contributed by atoms with Crippen molar-refractivity contribution in [3.63, 3.8) is 0 Å². The second-order valence-electron chi connectivity index (χ2n) is 4.28. The van der Waals surface area contributed by atoms with E-state index in [0.717, 1.165) is 4.47 Å². The number of thiophene rings is 1. The zero-order valence-electron chi connectivity index (χ0n) is 10.3. The normalized spacial score (nSPS) is 16.9. The van der Waals surface area contributed by atoms with Gasteiger partial charge in [0.1, 0.15) is 10.3 Å². The zero-order chi connectivity index (χ0) is 14.2. The molecule has 1 aliphatic heterocycles. The van der Waals surface area contributed by atoms with Crippen molar-refractivity contribution in [3.05, 3.63) is 40.3 Å². The number of hydrogen-bond acceptors (Lipinski definition) is 5. The fraction of sp³-hybridized carbons (Fsp3) is 0.250. The Kier molecular flexibility index (Phi) is 3.80. The number of sulfonamides is 1. The smallest absolute Gasteiger partial charge is 0.252 e. The van der Waals surface area contributed by atoms with E-state index >= 15 is 0 Å². The number of halogens is 1. The van der Waals surface area contributed by atoms with Crippen LogP contribution in [0.2, 0.25) is 0 Å². The molecule has 0 saturated carbocycles. The molecule has 0 spiro atoms. The zero-order valence-corrected chi connectivity index (χ0v) is 13.5. The molecule has 2 aromatic heterocycles. The van der Waals surface area contributed by atoms with E-state index in [2.05, 4.69) is 20.9 Å². The second-order valence-corrected chi connectivity index (χ2v) is 8.25. The number of nitrogens with zero attached hydrogens (tertiary/aromatic N) is 2. The van der Waals surface area contributed by atoms with Gasteiger partial charge in [-0.25, -0.2) is 13.4 Å². The first kappa shape index (κ1) is 14.0. The summed E-state index contributed by atoms with van der Waals surface area (Å²) < 4.78 is 32.6. The van der Waals surface area contributed by atoms with Gasteiger partial charge in [0.25, 0.3) is 10.0 Å². The molecule has 3 heterocycles. The maximum Gasteiger partial charge on any atom is 0.252 e. The highest BCUT2D eigenvalue weighted by molar-refractivity contribution is 9.10. The van der Waals surface area contributed by atoms with Crippen molar-refractivity contribution in [3.8, 4) is 5.88 Å². The van der Waals surface area contributed by atoms with Gasteiger partial charge in [0.05, 0.1) is 17.6 Å². The fourth-order valence-electron chi connectivity index (χ4n) is 1.82. The van der Waals surface area contributed by atoms with Gasteiger partial charge in [-0.1, -0.05) is 6.07 Å². The molecule has 3 rings (SSSR count). The first-order valence-electron chi connectivity index (χ1n) is 5.88. The molecule has 0 unspecified atom stereocenters. The maximum absolute atomic E-state index is 12.2. The monoisotopic (exact) mass is 374 g/mol. The third-order valence-corrected chi connectivity index (χ3v) is 6.71. The molecular weight excluding hydrogens is 364 g/mol. The van der Waals surface area contributed by atoms with Crippen LogP contribution in [0, 0.1) is 0 Å². The van der Waals surface area contributed by atoms with E-state index in [-0.39, 0.29) is 6.10 Å². The van der Waals surface area contributed by atoms with Gasteiger partial charge in [-0.3, -0.25) is 0 Å². The van der Waals surface area contributed by atoms with Crippen LogP contribution in [0.25, 0.3) is 0 Å². The van der Waals surface area contributed by atoms with Crippen LogP contribution in [0.4, 0.5) is 0 Å². The molecule has 0 bridgehead atoms. The minimum absolute atomic E-state index is 0.157. The standard InChI is InChI=1S/C12H11BrN2O3S2/c13-10-3-1-5-14-12(10)18-9-7-15(8-9)20(16,17)11-4-2-6-19-11/h1-6,9H,7-8H2. The van der Waals surface area contributed by atoms with E-state index < -0.39 is 10.0 Å². The fourth-order valence-corrected chi connectivity index (χ4v) is 4.82. The lowest BCUT2D eigenvalue weighted by atomic mass is 10.2. The van der Waals surface area contributed by atoms with Gasteiger partial charge in [-0.05, 0) is 39.5 Å². The Labute approximate surface area is 129 Å². The van der Waals surface area contributed by atoms with Gasteiger partial charge < -0.3 is 4.74 Å². The predicted molar refractivity (Wildman–Crippen MR) is 79.4 cm³/mol. The summed E-state index contributed by atoms with van der Waals surface area (Å²) in [6, 6.07) is 6.98. The molecule has 0 atom stereocenters. The first-order chi connectivity index (χ1) is 9.57. The number of aromatic nitrogens is 1. The molecule has 20 heavy (non-hydrogen) atoms. The van der Waals surface area contributed by atoms with E-state index in [1.807, 2.05) is 6.07 Å². The largest absolute Gasteiger partial charge is 0.471 e. The summed E-state index contributed by atoms with van der Waals surface area (Å²) in [5.74, 6) is 0.491. The van der Waals surface area contributed by atoms with E-state index in [0.29, 0.717) is 23.2 Å². The Morgan fingerprint density at radius 3 is 2.80 bits per heavy atom. The molecular formula is C12H11BrN2O3S2. The van der Waals surface area contributed by atoms with Crippen molar-refractivity contribution in [1.82, 2.24) is 9.29 Å². The summed E-state index contributed by atoms with van der Waals surface area (Å²) in [5, 5.41) is 1.76. The van der Waals surface area contributed by atoms with E-state index in [1.54, 1.807) is 29.8 Å². The Morgan fingerprint density at radius 1 is 1.35 bits per heavy atom. The highest BCUT2D eigenvalue weighted by Crippen LogP contribution is 2.28. The molecule has 106 valence electrons. The topological polar surface area (TPSA) is 59.5 Å². The van der Waals surface area contributed by atoms with Crippen molar-refractivity contribution in [1.29, 1.82) is 0 Å². The molecule has 0 N–H and O–H groups in total. The van der Waals surface area contributed by atoms with Gasteiger partial charge in [-0.2, -0.15) is 4.31 Å². The third-order valence-electron chi connectivity index (χ3n) is 2.91. The highest BCUT2D eigenvalue weighted by atomic mass is 79.9. The van der Waals surface area contributed by atoms with Crippen LogP contribution >= 0.6 is 27.3 Å². The van der Waals surface area contributed by atoms with Gasteiger partial charge in [0.15, 0.2) is 0 Å². The van der Waals surface area contributed by atoms with Crippen molar-refractivity contribution in [2.75, 3.05) is 13.1 Å². The summed E-state index contributed by atoms with van der Waals surface area (Å²) in [6.45, 7) is 0.701. The molecule has 0 aromatic carbocycles. The Balaban J connectivity index is 1.64. The maximum atomic E-state index is 12.2. The van der Waals surface area contributed by atoms with Crippen LogP contribution in [0.1, 0.15) is 0 Å². The van der Waals surface area contributed by atoms with E-state index in [9.17, 15) is 8.42 Å². The van der Waals surface area contributed by atoms with E-state index in [4.69, 9.17) is 4.74 Å². The van der Waals surface area contributed by atoms with Crippen LogP contribution in [0.15, 0.2) is 44.5 Å². The van der Waals surface area contributed by atoms with Crippen LogP contribution < -0.4 is 4.74 Å². The highest BCUT2D eigenvalue weighted by Gasteiger charge is 2.38. The lowest BCUT2D eigenvalue weighted by Gasteiger charge is -2.37. The number of pyridine rings is 1. The van der Waals surface area contributed by atoms with Crippen molar-refractivity contribution in [2.45, 2.75) is 10.3 Å². The number of rotatable bonds is 4. The summed E-state index contributed by atoms with van der Waals surface area (Å²) in [7, 11) is -3.35. The molecule has 5 nitrogen and oxygen atoms in total. The summed E-state index contributed by atoms with van der Waals surface area (Å²) in [6.07, 6.45) is 1.48. The SMILES string of the molecule is O=S(=O)(c1cccs1)N1CC(Oc2ncccc2Br)C1. The molecule has 2 aromatic rings. The van der Waals surface area contributed by atoms with Gasteiger partial charge in [0.2, 0.25) is 5.88 Å². The average Bonchev–Trinajstić information content (AvgIpc) is 2.89. The third kappa shape index (κ3) is 2.60. The van der Waals surface area contributed by atoms with Crippen LogP contribution in [0.3, 0.4) is 0 Å². The van der Waals surface area contributed by atoms with Crippen LogP contribution in [0.5, 0.6) is 5.88 Å². The van der Waals surface area contributed by atoms with Crippen molar-refractivity contribution < 1.29 is 13.2 Å². The summed E-state index contributed by atoms with van der Waals surface area (Å²) in [4.78, 5) is 4.10. The average molecular weight is 375 g/mol. The Hall–Kier alpha value is -0.960. The van der Waals surface area contributed by atoms with E-state index in [1.165, 1.54) is 15.6 Å². The Bertz CT molecular complexity index is 697. The lowest BCUT2D eigenvalue weighted by Crippen LogP contribution is -2.55. The minimum Gasteiger partial charge on any atom is -0.471 e. The molecule has 0 aliphatic carbocycles. The predicted octanol–water partition coefficient (Wildman–Crippen LogP) is 2.36. The molecule has 8 heteroatoms. The van der Waals surface area contributed by atoms with Crippen molar-refractivity contribution >= 4 is 37.3 Å². The van der Waals surface area contributed by atoms with Gasteiger partial charge >= 0.3 is 0 Å². The van der Waals surface area contributed by atoms with Gasteiger partial charge in [0, 0.05) is 6.20 Å². The molecule has 1 aliphatic rings. The molecule has 1 saturated heterocycles. The Morgan fingerprint density at radius 2 is 2.15 bits per heavy atom. The van der Waals surface area contributed by atoms with Gasteiger partial charge in [-0.15, -0.1) is 11.3 Å². The first-order valence-corrected chi connectivity index (χ1v) is 8.99. The number of ether oxygens (including phenoxy) is 1. The second kappa shape index (κ2) is 5.44. The van der Waals surface area contributed by atoms with Crippen LogP contribution in [-0.4, -0.2) is 36.9 Å². The summed E-state index contributed by atoms with van der Waals surface area (Å²) in [5.41, 5.74) is 0. The molecule has 0 amide bonds. The number of hydrogen-bond donors (Lipinski definition) is 0. The molecule has 1 fully saturated rings. The van der Waals surface area contributed by atoms with Crippen LogP contribution in [-0.2, 0) is 10.0 Å². The lowest BCUT2D eigenvalue weighted by molar-refractivity contribution is 0.0715. The molecule has 0 radical (unpaired) electrons. The quantitative estimate of drug-likeness (QED) is 0.823.